The summed E-state index contributed by atoms with van der Waals surface area (Å²) < 4.78 is 18.0. The first-order chi connectivity index (χ1) is 15.0. The van der Waals surface area contributed by atoms with Crippen molar-refractivity contribution in [1.82, 2.24) is 4.90 Å². The van der Waals surface area contributed by atoms with Gasteiger partial charge in [-0.1, -0.05) is 22.4 Å². The van der Waals surface area contributed by atoms with Gasteiger partial charge in [-0.3, -0.25) is 9.69 Å². The molecule has 2 aromatic rings. The molecule has 6 nitrogen and oxygen atoms in total. The Kier molecular flexibility index (Phi) is 5.50. The Morgan fingerprint density at radius 3 is 2.97 bits per heavy atom. The summed E-state index contributed by atoms with van der Waals surface area (Å²) in [5.74, 6) is 1.35. The SMILES string of the molecule is C[C@H]1CCCCN1Cc1c(O)ccc2c1O/C(=C\c1cc(Br)cc3c1OCOC3)C2=O. The number of halogens is 1. The van der Waals surface area contributed by atoms with Crippen molar-refractivity contribution in [3.05, 3.63) is 56.8 Å². The van der Waals surface area contributed by atoms with Gasteiger partial charge in [0, 0.05) is 28.2 Å². The van der Waals surface area contributed by atoms with E-state index in [9.17, 15) is 9.90 Å². The smallest absolute Gasteiger partial charge is 0.231 e. The van der Waals surface area contributed by atoms with E-state index in [0.717, 1.165) is 35.0 Å². The summed E-state index contributed by atoms with van der Waals surface area (Å²) in [7, 11) is 0. The van der Waals surface area contributed by atoms with E-state index in [1.54, 1.807) is 18.2 Å². The largest absolute Gasteiger partial charge is 0.507 e. The number of fused-ring (bicyclic) bond motifs is 2. The first kappa shape index (κ1) is 20.5. The minimum absolute atomic E-state index is 0.158. The van der Waals surface area contributed by atoms with Gasteiger partial charge in [-0.25, -0.2) is 0 Å². The highest BCUT2D eigenvalue weighted by Gasteiger charge is 2.33. The van der Waals surface area contributed by atoms with Crippen molar-refractivity contribution in [3.63, 3.8) is 0 Å². The van der Waals surface area contributed by atoms with E-state index in [1.807, 2.05) is 12.1 Å². The first-order valence-electron chi connectivity index (χ1n) is 10.6. The van der Waals surface area contributed by atoms with Crippen LogP contribution in [0.2, 0.25) is 0 Å². The van der Waals surface area contributed by atoms with Crippen LogP contribution in [0.3, 0.4) is 0 Å². The summed E-state index contributed by atoms with van der Waals surface area (Å²) in [6, 6.07) is 7.50. The predicted molar refractivity (Wildman–Crippen MR) is 119 cm³/mol. The van der Waals surface area contributed by atoms with Gasteiger partial charge in [0.15, 0.2) is 12.6 Å². The monoisotopic (exact) mass is 485 g/mol. The fourth-order valence-electron chi connectivity index (χ4n) is 4.50. The van der Waals surface area contributed by atoms with E-state index in [-0.39, 0.29) is 24.1 Å². The van der Waals surface area contributed by atoms with Crippen molar-refractivity contribution in [2.24, 2.45) is 0 Å². The van der Waals surface area contributed by atoms with Crippen LogP contribution in [-0.4, -0.2) is 35.2 Å². The van der Waals surface area contributed by atoms with Crippen molar-refractivity contribution >= 4 is 27.8 Å². The lowest BCUT2D eigenvalue weighted by Crippen LogP contribution is -2.36. The van der Waals surface area contributed by atoms with Crippen LogP contribution in [0, 0.1) is 0 Å². The van der Waals surface area contributed by atoms with E-state index in [4.69, 9.17) is 14.2 Å². The van der Waals surface area contributed by atoms with Crippen LogP contribution < -0.4 is 9.47 Å². The maximum Gasteiger partial charge on any atom is 0.231 e. The van der Waals surface area contributed by atoms with Crippen molar-refractivity contribution in [3.8, 4) is 17.2 Å². The van der Waals surface area contributed by atoms with E-state index in [2.05, 4.69) is 27.8 Å². The van der Waals surface area contributed by atoms with Gasteiger partial charge in [-0.2, -0.15) is 0 Å². The average Bonchev–Trinajstić information content (AvgIpc) is 3.07. The molecule has 31 heavy (non-hydrogen) atoms. The molecule has 1 saturated heterocycles. The molecule has 3 heterocycles. The minimum atomic E-state index is -0.191. The number of carbonyl (C=O) groups is 1. The lowest BCUT2D eigenvalue weighted by Gasteiger charge is -2.33. The zero-order valence-corrected chi connectivity index (χ0v) is 18.9. The molecule has 0 unspecified atom stereocenters. The molecular formula is C24H24BrNO5. The molecule has 0 saturated carbocycles. The van der Waals surface area contributed by atoms with E-state index >= 15 is 0 Å². The molecule has 2 aromatic carbocycles. The Balaban J connectivity index is 1.50. The van der Waals surface area contributed by atoms with Crippen LogP contribution in [0.25, 0.3) is 6.08 Å². The van der Waals surface area contributed by atoms with Gasteiger partial charge in [-0.15, -0.1) is 0 Å². The highest BCUT2D eigenvalue weighted by molar-refractivity contribution is 9.10. The number of phenols is 1. The molecule has 5 rings (SSSR count). The summed E-state index contributed by atoms with van der Waals surface area (Å²) in [5.41, 5.74) is 2.81. The predicted octanol–water partition coefficient (Wildman–Crippen LogP) is 5.01. The molecule has 1 N–H and O–H groups in total. The highest BCUT2D eigenvalue weighted by atomic mass is 79.9. The number of ether oxygens (including phenoxy) is 3. The number of hydrogen-bond donors (Lipinski definition) is 1. The standard InChI is InChI=1S/C24H24BrNO5/c1-14-4-2-3-7-26(14)11-19-20(27)6-5-18-22(28)21(31-24(18)19)10-15-8-17(25)9-16-12-29-13-30-23(15)16/h5-6,8-10,14,27H,2-4,7,11-13H2,1H3/b21-10-/t14-/m0/s1. The molecule has 162 valence electrons. The third-order valence-electron chi connectivity index (χ3n) is 6.21. The molecule has 3 aliphatic heterocycles. The second-order valence-electron chi connectivity index (χ2n) is 8.29. The van der Waals surface area contributed by atoms with Crippen LogP contribution in [0.15, 0.2) is 34.5 Å². The van der Waals surface area contributed by atoms with Crippen molar-refractivity contribution in [2.75, 3.05) is 13.3 Å². The fourth-order valence-corrected chi connectivity index (χ4v) is 5.03. The molecule has 0 aromatic heterocycles. The number of hydrogen-bond acceptors (Lipinski definition) is 6. The number of piperidine rings is 1. The Morgan fingerprint density at radius 2 is 2.13 bits per heavy atom. The molecule has 3 aliphatic rings. The van der Waals surface area contributed by atoms with E-state index < -0.39 is 0 Å². The Morgan fingerprint density at radius 1 is 1.26 bits per heavy atom. The van der Waals surface area contributed by atoms with Gasteiger partial charge in [0.2, 0.25) is 5.78 Å². The number of allylic oxidation sites excluding steroid dienone is 1. The van der Waals surface area contributed by atoms with Crippen molar-refractivity contribution < 1.29 is 24.1 Å². The lowest BCUT2D eigenvalue weighted by atomic mass is 10.0. The average molecular weight is 486 g/mol. The highest BCUT2D eigenvalue weighted by Crippen LogP contribution is 2.42. The van der Waals surface area contributed by atoms with Crippen LogP contribution >= 0.6 is 15.9 Å². The van der Waals surface area contributed by atoms with Crippen LogP contribution in [-0.2, 0) is 17.9 Å². The number of Topliss-reactive ketones (excluding diaryl/α,β-unsaturated/α-hetero) is 1. The number of ketones is 1. The third kappa shape index (κ3) is 3.86. The Bertz CT molecular complexity index is 1080. The van der Waals surface area contributed by atoms with Gasteiger partial charge in [0.1, 0.15) is 17.2 Å². The van der Waals surface area contributed by atoms with E-state index in [0.29, 0.717) is 41.8 Å². The number of nitrogens with zero attached hydrogens (tertiary/aromatic N) is 1. The van der Waals surface area contributed by atoms with Gasteiger partial charge >= 0.3 is 0 Å². The van der Waals surface area contributed by atoms with Crippen molar-refractivity contribution in [1.29, 1.82) is 0 Å². The maximum absolute atomic E-state index is 13.1. The van der Waals surface area contributed by atoms with Crippen LogP contribution in [0.1, 0.15) is 53.2 Å². The normalized spacial score (nSPS) is 22.1. The number of aromatic hydroxyl groups is 1. The summed E-state index contributed by atoms with van der Waals surface area (Å²) >= 11 is 3.51. The molecule has 0 radical (unpaired) electrons. The molecule has 0 aliphatic carbocycles. The first-order valence-corrected chi connectivity index (χ1v) is 11.4. The van der Waals surface area contributed by atoms with Gasteiger partial charge in [0.25, 0.3) is 0 Å². The molecular weight excluding hydrogens is 462 g/mol. The number of phenolic OH excluding ortho intramolecular Hbond substituents is 1. The zero-order chi connectivity index (χ0) is 21.5. The molecule has 0 amide bonds. The molecule has 0 spiro atoms. The van der Waals surface area contributed by atoms with Gasteiger partial charge < -0.3 is 19.3 Å². The number of likely N-dealkylation sites (tertiary alicyclic amines) is 1. The quantitative estimate of drug-likeness (QED) is 0.616. The fraction of sp³-hybridized carbons (Fsp3) is 0.375. The lowest BCUT2D eigenvalue weighted by molar-refractivity contribution is -0.0165. The zero-order valence-electron chi connectivity index (χ0n) is 17.3. The Labute approximate surface area is 189 Å². The number of benzene rings is 2. The van der Waals surface area contributed by atoms with Crippen LogP contribution in [0.4, 0.5) is 0 Å². The maximum atomic E-state index is 13.1. The van der Waals surface area contributed by atoms with Crippen LogP contribution in [0.5, 0.6) is 17.2 Å². The molecule has 7 heteroatoms. The van der Waals surface area contributed by atoms with E-state index in [1.165, 1.54) is 6.42 Å². The molecule has 1 fully saturated rings. The summed E-state index contributed by atoms with van der Waals surface area (Å²) in [4.78, 5) is 15.4. The number of rotatable bonds is 3. The minimum Gasteiger partial charge on any atom is -0.507 e. The summed E-state index contributed by atoms with van der Waals surface area (Å²) in [6.45, 7) is 4.36. The molecule has 0 bridgehead atoms. The topological polar surface area (TPSA) is 68.2 Å². The summed E-state index contributed by atoms with van der Waals surface area (Å²) in [5, 5.41) is 10.6. The summed E-state index contributed by atoms with van der Waals surface area (Å²) in [6.07, 6.45) is 5.21. The van der Waals surface area contributed by atoms with Crippen molar-refractivity contribution in [2.45, 2.75) is 45.4 Å². The number of carbonyl (C=O) groups excluding carboxylic acids is 1. The van der Waals surface area contributed by atoms with Gasteiger partial charge in [0.05, 0.1) is 17.7 Å². The second kappa shape index (κ2) is 8.30. The third-order valence-corrected chi connectivity index (χ3v) is 6.67. The molecule has 1 atom stereocenters. The van der Waals surface area contributed by atoms with Gasteiger partial charge in [-0.05, 0) is 56.7 Å². The second-order valence-corrected chi connectivity index (χ2v) is 9.20. The Hall–Kier alpha value is -2.35.